The maximum atomic E-state index is 12.4. The first-order valence-electron chi connectivity index (χ1n) is 12.7. The van der Waals surface area contributed by atoms with E-state index in [-0.39, 0.29) is 17.1 Å². The second-order valence-electron chi connectivity index (χ2n) is 9.79. The van der Waals surface area contributed by atoms with E-state index in [1.807, 2.05) is 0 Å². The van der Waals surface area contributed by atoms with E-state index in [0.717, 1.165) is 17.8 Å². The van der Waals surface area contributed by atoms with Gasteiger partial charge in [0.1, 0.15) is 30.5 Å². The van der Waals surface area contributed by atoms with Crippen LogP contribution in [0.3, 0.4) is 0 Å². The summed E-state index contributed by atoms with van der Waals surface area (Å²) in [6.07, 6.45) is -13.1. The molecule has 0 aromatic carbocycles. The van der Waals surface area contributed by atoms with Crippen LogP contribution in [0.4, 0.5) is 5.95 Å². The highest BCUT2D eigenvalue weighted by Gasteiger charge is 2.46. The van der Waals surface area contributed by atoms with E-state index in [0.29, 0.717) is 0 Å². The number of amides is 1. The van der Waals surface area contributed by atoms with E-state index < -0.39 is 95.5 Å². The number of ether oxygens (including phenoxy) is 2. The Kier molecular flexibility index (Phi) is 11.8. The number of aromatic amines is 1. The van der Waals surface area contributed by atoms with Crippen LogP contribution in [0.5, 0.6) is 0 Å². The Morgan fingerprint density at radius 2 is 1.84 bits per heavy atom. The number of fused-ring (bicyclic) bond motifs is 1. The molecule has 0 saturated carbocycles. The molecule has 8 unspecified atom stereocenters. The lowest BCUT2D eigenvalue weighted by molar-refractivity contribution is -0.203. The van der Waals surface area contributed by atoms with E-state index in [1.54, 1.807) is 13.8 Å². The van der Waals surface area contributed by atoms with Gasteiger partial charge in [0, 0.05) is 12.5 Å². The SMILES string of the molecule is CC(C)C(=O)NCC(O[C@@H](C)OP(=O)(O)OP(=O)(O)OCC1OC(n2cnc3c(=O)[nH]c(N)nc32)C(O)C1O)C(O)C(O)O. The predicted octanol–water partition coefficient (Wildman–Crippen LogP) is -3.25. The highest BCUT2D eigenvalue weighted by Crippen LogP contribution is 2.61. The number of phosphoric ester groups is 2. The largest absolute Gasteiger partial charge is 0.483 e. The first kappa shape index (κ1) is 36.1. The van der Waals surface area contributed by atoms with Crippen LogP contribution in [-0.2, 0) is 36.8 Å². The minimum absolute atomic E-state index is 0.111. The molecule has 11 N–H and O–H groups in total. The maximum absolute atomic E-state index is 12.4. The van der Waals surface area contributed by atoms with Gasteiger partial charge in [0.25, 0.3) is 5.56 Å². The van der Waals surface area contributed by atoms with Gasteiger partial charge in [-0.3, -0.25) is 28.2 Å². The molecule has 9 atom stereocenters. The molecule has 3 rings (SSSR count). The number of anilines is 1. The average molecular weight is 676 g/mol. The molecule has 1 saturated heterocycles. The number of phosphoric acid groups is 2. The Hall–Kier alpha value is -2.40. The van der Waals surface area contributed by atoms with Gasteiger partial charge >= 0.3 is 15.6 Å². The molecule has 1 aliphatic heterocycles. The van der Waals surface area contributed by atoms with Crippen LogP contribution < -0.4 is 16.6 Å². The summed E-state index contributed by atoms with van der Waals surface area (Å²) in [6, 6.07) is 0. The quantitative estimate of drug-likeness (QED) is 0.0653. The second-order valence-corrected chi connectivity index (χ2v) is 12.8. The molecule has 0 bridgehead atoms. The number of nitrogens with two attached hydrogens (primary N) is 1. The third-order valence-electron chi connectivity index (χ3n) is 6.01. The fraction of sp³-hybridized carbons (Fsp3) is 0.700. The Labute approximate surface area is 247 Å². The minimum atomic E-state index is -5.49. The third kappa shape index (κ3) is 9.08. The van der Waals surface area contributed by atoms with Gasteiger partial charge in [-0.2, -0.15) is 9.29 Å². The van der Waals surface area contributed by atoms with Crippen molar-refractivity contribution in [3.05, 3.63) is 16.7 Å². The van der Waals surface area contributed by atoms with Crippen molar-refractivity contribution in [1.29, 1.82) is 0 Å². The van der Waals surface area contributed by atoms with Gasteiger partial charge in [0.05, 0.1) is 12.9 Å². The number of H-pyrrole nitrogens is 1. The number of carbonyl (C=O) groups is 1. The van der Waals surface area contributed by atoms with E-state index in [4.69, 9.17) is 15.2 Å². The van der Waals surface area contributed by atoms with Gasteiger partial charge in [-0.1, -0.05) is 13.8 Å². The fourth-order valence-corrected chi connectivity index (χ4v) is 6.02. The van der Waals surface area contributed by atoms with Crippen molar-refractivity contribution in [3.8, 4) is 0 Å². The highest BCUT2D eigenvalue weighted by molar-refractivity contribution is 7.61. The van der Waals surface area contributed by atoms with Crippen LogP contribution in [0.15, 0.2) is 11.1 Å². The van der Waals surface area contributed by atoms with Crippen molar-refractivity contribution in [2.24, 2.45) is 5.92 Å². The second kappa shape index (κ2) is 14.4. The standard InChI is InChI=1S/C20H34N6O16P2/c1-7(2)16(30)22-4-9(13(28)19(32)33)39-8(3)41-44(36,37)42-43(34,35)38-5-10-12(27)14(29)18(40-10)26-6-23-11-15(26)24-20(21)25-17(11)31/h6-10,12-14,18-19,27-29,32-33H,4-5H2,1-3H3,(H,22,30)(H,34,35)(H,36,37)(H3,21,24,25,31)/t8-,9?,10?,12?,13?,14?,18?/m1/s1. The molecule has 24 heteroatoms. The van der Waals surface area contributed by atoms with Crippen LogP contribution in [0.25, 0.3) is 11.2 Å². The molecule has 0 spiro atoms. The lowest BCUT2D eigenvalue weighted by Crippen LogP contribution is -2.48. The zero-order chi connectivity index (χ0) is 33.1. The van der Waals surface area contributed by atoms with Crippen molar-refractivity contribution in [1.82, 2.24) is 24.8 Å². The molecule has 2 aromatic heterocycles. The van der Waals surface area contributed by atoms with Crippen molar-refractivity contribution < 1.29 is 72.1 Å². The number of hydrogen-bond donors (Lipinski definition) is 10. The number of aliphatic hydroxyl groups excluding tert-OH is 4. The van der Waals surface area contributed by atoms with Gasteiger partial charge in [-0.25, -0.2) is 14.1 Å². The van der Waals surface area contributed by atoms with E-state index in [2.05, 4.69) is 33.6 Å². The smallest absolute Gasteiger partial charge is 0.387 e. The summed E-state index contributed by atoms with van der Waals surface area (Å²) < 4.78 is 50.0. The Bertz CT molecular complexity index is 1450. The van der Waals surface area contributed by atoms with Crippen LogP contribution in [0.1, 0.15) is 27.0 Å². The Balaban J connectivity index is 1.60. The van der Waals surface area contributed by atoms with Crippen molar-refractivity contribution in [3.63, 3.8) is 0 Å². The monoisotopic (exact) mass is 676 g/mol. The number of aliphatic hydroxyl groups is 5. The summed E-state index contributed by atoms with van der Waals surface area (Å²) in [4.78, 5) is 53.8. The number of nitrogens with zero attached hydrogens (tertiary/aromatic N) is 3. The predicted molar refractivity (Wildman–Crippen MR) is 143 cm³/mol. The maximum Gasteiger partial charge on any atom is 0.483 e. The number of hydrogen-bond acceptors (Lipinski definition) is 17. The highest BCUT2D eigenvalue weighted by atomic mass is 31.3. The molecule has 250 valence electrons. The number of imidazole rings is 1. The van der Waals surface area contributed by atoms with Gasteiger partial charge < -0.3 is 55.8 Å². The van der Waals surface area contributed by atoms with Crippen molar-refractivity contribution in [2.45, 2.75) is 70.1 Å². The average Bonchev–Trinajstić information content (AvgIpc) is 3.44. The molecule has 1 aliphatic rings. The van der Waals surface area contributed by atoms with Crippen LogP contribution in [0, 0.1) is 5.92 Å². The molecule has 22 nitrogen and oxygen atoms in total. The Morgan fingerprint density at radius 3 is 2.45 bits per heavy atom. The topological polar surface area (TPSA) is 341 Å². The first-order chi connectivity index (χ1) is 20.3. The van der Waals surface area contributed by atoms with Crippen molar-refractivity contribution in [2.75, 3.05) is 18.9 Å². The first-order valence-corrected chi connectivity index (χ1v) is 15.7. The van der Waals surface area contributed by atoms with Gasteiger partial charge in [0.15, 0.2) is 30.0 Å². The van der Waals surface area contributed by atoms with Crippen LogP contribution >= 0.6 is 15.6 Å². The normalized spacial score (nSPS) is 25.5. The molecule has 44 heavy (non-hydrogen) atoms. The molecule has 1 amide bonds. The fourth-order valence-electron chi connectivity index (χ4n) is 3.87. The van der Waals surface area contributed by atoms with Gasteiger partial charge in [-0.05, 0) is 6.92 Å². The summed E-state index contributed by atoms with van der Waals surface area (Å²) in [7, 11) is -10.9. The van der Waals surface area contributed by atoms with Crippen LogP contribution in [-0.4, -0.2) is 117 Å². The zero-order valence-electron chi connectivity index (χ0n) is 23.3. The number of aromatic nitrogens is 4. The molecular formula is C20H34N6O16P2. The lowest BCUT2D eigenvalue weighted by Gasteiger charge is -2.28. The zero-order valence-corrected chi connectivity index (χ0v) is 25.1. The summed E-state index contributed by atoms with van der Waals surface area (Å²) in [6.45, 7) is 2.63. The summed E-state index contributed by atoms with van der Waals surface area (Å²) in [5.41, 5.74) is 4.57. The summed E-state index contributed by atoms with van der Waals surface area (Å²) >= 11 is 0. The Morgan fingerprint density at radius 1 is 1.18 bits per heavy atom. The van der Waals surface area contributed by atoms with E-state index in [9.17, 15) is 54.0 Å². The number of rotatable bonds is 15. The molecule has 0 radical (unpaired) electrons. The van der Waals surface area contributed by atoms with E-state index in [1.165, 1.54) is 0 Å². The number of carbonyl (C=O) groups excluding carboxylic acids is 1. The molecule has 3 heterocycles. The van der Waals surface area contributed by atoms with Gasteiger partial charge in [0.2, 0.25) is 11.9 Å². The minimum Gasteiger partial charge on any atom is -0.387 e. The third-order valence-corrected chi connectivity index (χ3v) is 8.70. The van der Waals surface area contributed by atoms with Gasteiger partial charge in [-0.15, -0.1) is 0 Å². The number of nitrogen functional groups attached to an aromatic ring is 1. The molecule has 1 fully saturated rings. The summed E-state index contributed by atoms with van der Waals surface area (Å²) in [5.74, 6) is -1.25. The van der Waals surface area contributed by atoms with E-state index >= 15 is 0 Å². The van der Waals surface area contributed by atoms with Crippen molar-refractivity contribution >= 4 is 38.7 Å². The van der Waals surface area contributed by atoms with Crippen LogP contribution in [0.2, 0.25) is 0 Å². The molecule has 0 aliphatic carbocycles. The molecule has 2 aromatic rings. The number of nitrogens with one attached hydrogen (secondary N) is 2. The molecular weight excluding hydrogens is 642 g/mol. The lowest BCUT2D eigenvalue weighted by atomic mass is 10.1. The summed E-state index contributed by atoms with van der Waals surface area (Å²) in [5, 5.41) is 51.7.